The Bertz CT molecular complexity index is 463. The topological polar surface area (TPSA) is 48.5 Å². The van der Waals surface area contributed by atoms with Crippen LogP contribution in [0.5, 0.6) is 0 Å². The molecule has 0 aliphatic carbocycles. The fraction of sp³-hybridized carbons (Fsp3) is 0.647. The van der Waals surface area contributed by atoms with Crippen LogP contribution in [-0.2, 0) is 6.54 Å². The van der Waals surface area contributed by atoms with E-state index in [1.165, 1.54) is 6.42 Å². The molecule has 1 atom stereocenters. The van der Waals surface area contributed by atoms with Crippen molar-refractivity contribution in [3.05, 3.63) is 30.1 Å². The summed E-state index contributed by atoms with van der Waals surface area (Å²) in [5.74, 6) is 1.28. The molecule has 0 bridgehead atoms. The highest BCUT2D eigenvalue weighted by Crippen LogP contribution is 2.16. The summed E-state index contributed by atoms with van der Waals surface area (Å²) in [5.41, 5.74) is 0.907. The van der Waals surface area contributed by atoms with Gasteiger partial charge in [0.1, 0.15) is 0 Å². The van der Waals surface area contributed by atoms with Gasteiger partial charge in [0.05, 0.1) is 12.2 Å². The minimum absolute atomic E-state index is 0.0204. The van der Waals surface area contributed by atoms with Gasteiger partial charge in [-0.2, -0.15) is 0 Å². The quantitative estimate of drug-likeness (QED) is 0.876. The number of nitrogens with one attached hydrogen (secondary N) is 1. The van der Waals surface area contributed by atoms with E-state index >= 15 is 0 Å². The number of carbonyl (C=O) groups excluding carboxylic acids is 1. The van der Waals surface area contributed by atoms with Crippen LogP contribution < -0.4 is 5.32 Å². The van der Waals surface area contributed by atoms with E-state index in [0.29, 0.717) is 18.4 Å². The van der Waals surface area contributed by atoms with Crippen molar-refractivity contribution in [3.8, 4) is 0 Å². The zero-order chi connectivity index (χ0) is 15.9. The lowest BCUT2D eigenvalue weighted by molar-refractivity contribution is 0.204. The molecule has 0 aromatic carbocycles. The van der Waals surface area contributed by atoms with Crippen molar-refractivity contribution < 1.29 is 4.79 Å². The Kier molecular flexibility index (Phi) is 6.19. The monoisotopic (exact) mass is 304 g/mol. The summed E-state index contributed by atoms with van der Waals surface area (Å²) in [7, 11) is 1.81. The van der Waals surface area contributed by atoms with E-state index in [2.05, 4.69) is 29.0 Å². The maximum absolute atomic E-state index is 12.1. The van der Waals surface area contributed by atoms with Crippen LogP contribution in [0.1, 0.15) is 26.0 Å². The molecular weight excluding hydrogens is 276 g/mol. The third-order valence-electron chi connectivity index (χ3n) is 4.01. The lowest BCUT2D eigenvalue weighted by Crippen LogP contribution is -2.40. The highest BCUT2D eigenvalue weighted by atomic mass is 16.2. The van der Waals surface area contributed by atoms with Gasteiger partial charge in [-0.3, -0.25) is 4.98 Å². The molecule has 2 heterocycles. The van der Waals surface area contributed by atoms with Crippen LogP contribution in [-0.4, -0.2) is 54.0 Å². The van der Waals surface area contributed by atoms with Gasteiger partial charge >= 0.3 is 6.03 Å². The molecule has 2 amide bonds. The molecule has 0 saturated carbocycles. The number of rotatable bonds is 6. The lowest BCUT2D eigenvalue weighted by atomic mass is 10.1. The van der Waals surface area contributed by atoms with Crippen LogP contribution in [0.15, 0.2) is 24.4 Å². The lowest BCUT2D eigenvalue weighted by Gasteiger charge is -2.20. The highest BCUT2D eigenvalue weighted by Gasteiger charge is 2.23. The molecule has 1 fully saturated rings. The van der Waals surface area contributed by atoms with E-state index < -0.39 is 0 Å². The summed E-state index contributed by atoms with van der Waals surface area (Å²) in [4.78, 5) is 20.6. The molecular formula is C17H28N4O. The van der Waals surface area contributed by atoms with E-state index in [1.807, 2.05) is 25.2 Å². The summed E-state index contributed by atoms with van der Waals surface area (Å²) in [6.07, 6.45) is 2.93. The predicted molar refractivity (Wildman–Crippen MR) is 88.5 cm³/mol. The summed E-state index contributed by atoms with van der Waals surface area (Å²) in [5, 5.41) is 3.05. The fourth-order valence-electron chi connectivity index (χ4n) is 2.93. The third-order valence-corrected chi connectivity index (χ3v) is 4.01. The van der Waals surface area contributed by atoms with E-state index in [1.54, 1.807) is 11.1 Å². The smallest absolute Gasteiger partial charge is 0.317 e. The number of hydrogen-bond acceptors (Lipinski definition) is 3. The van der Waals surface area contributed by atoms with Crippen molar-refractivity contribution in [1.29, 1.82) is 0 Å². The van der Waals surface area contributed by atoms with Crippen LogP contribution in [0.25, 0.3) is 0 Å². The number of likely N-dealkylation sites (tertiary alicyclic amines) is 1. The molecule has 122 valence electrons. The zero-order valence-electron chi connectivity index (χ0n) is 14.0. The van der Waals surface area contributed by atoms with Crippen LogP contribution in [0.2, 0.25) is 0 Å². The van der Waals surface area contributed by atoms with Crippen molar-refractivity contribution >= 4 is 6.03 Å². The van der Waals surface area contributed by atoms with Gasteiger partial charge in [-0.05, 0) is 36.9 Å². The third kappa shape index (κ3) is 5.30. The van der Waals surface area contributed by atoms with Crippen LogP contribution in [0, 0.1) is 11.8 Å². The zero-order valence-corrected chi connectivity index (χ0v) is 14.0. The molecule has 1 N–H and O–H groups in total. The molecule has 22 heavy (non-hydrogen) atoms. The van der Waals surface area contributed by atoms with Gasteiger partial charge < -0.3 is 15.1 Å². The van der Waals surface area contributed by atoms with Gasteiger partial charge in [0.25, 0.3) is 0 Å². The van der Waals surface area contributed by atoms with E-state index in [-0.39, 0.29) is 6.03 Å². The Morgan fingerprint density at radius 3 is 3.00 bits per heavy atom. The van der Waals surface area contributed by atoms with Crippen molar-refractivity contribution in [2.45, 2.75) is 26.8 Å². The maximum Gasteiger partial charge on any atom is 0.317 e. The molecule has 0 radical (unpaired) electrons. The SMILES string of the molecule is CC(C)CN1CCC(CNC(=O)N(C)Cc2ccccn2)C1. The highest BCUT2D eigenvalue weighted by molar-refractivity contribution is 5.73. The van der Waals surface area contributed by atoms with E-state index in [4.69, 9.17) is 0 Å². The molecule has 1 aliphatic rings. The number of aromatic nitrogens is 1. The summed E-state index contributed by atoms with van der Waals surface area (Å²) < 4.78 is 0. The molecule has 1 aromatic rings. The van der Waals surface area contributed by atoms with Gasteiger partial charge in [0.15, 0.2) is 0 Å². The largest absolute Gasteiger partial charge is 0.338 e. The number of carbonyl (C=O) groups is 1. The molecule has 1 unspecified atom stereocenters. The number of hydrogen-bond donors (Lipinski definition) is 1. The summed E-state index contributed by atoms with van der Waals surface area (Å²) in [6.45, 7) is 9.22. The molecule has 5 heteroatoms. The predicted octanol–water partition coefficient (Wildman–Crippen LogP) is 2.20. The second-order valence-corrected chi connectivity index (χ2v) is 6.67. The first-order chi connectivity index (χ1) is 10.5. The van der Waals surface area contributed by atoms with Crippen LogP contribution >= 0.6 is 0 Å². The summed E-state index contributed by atoms with van der Waals surface area (Å²) >= 11 is 0. The minimum atomic E-state index is -0.0204. The molecule has 1 aromatic heterocycles. The Balaban J connectivity index is 1.69. The van der Waals surface area contributed by atoms with Gasteiger partial charge in [0.2, 0.25) is 0 Å². The van der Waals surface area contributed by atoms with Gasteiger partial charge in [-0.15, -0.1) is 0 Å². The Hall–Kier alpha value is -1.62. The Morgan fingerprint density at radius 2 is 2.32 bits per heavy atom. The fourth-order valence-corrected chi connectivity index (χ4v) is 2.93. The van der Waals surface area contributed by atoms with Crippen LogP contribution in [0.4, 0.5) is 4.79 Å². The van der Waals surface area contributed by atoms with E-state index in [9.17, 15) is 4.79 Å². The second kappa shape index (κ2) is 8.13. The molecule has 2 rings (SSSR count). The van der Waals surface area contributed by atoms with Crippen molar-refractivity contribution in [1.82, 2.24) is 20.1 Å². The van der Waals surface area contributed by atoms with Crippen molar-refractivity contribution in [2.75, 3.05) is 33.2 Å². The number of nitrogens with zero attached hydrogens (tertiary/aromatic N) is 3. The Morgan fingerprint density at radius 1 is 1.50 bits per heavy atom. The first kappa shape index (κ1) is 16.7. The van der Waals surface area contributed by atoms with Crippen molar-refractivity contribution in [2.24, 2.45) is 11.8 Å². The Labute approximate surface area is 133 Å². The van der Waals surface area contributed by atoms with Crippen molar-refractivity contribution in [3.63, 3.8) is 0 Å². The first-order valence-electron chi connectivity index (χ1n) is 8.16. The maximum atomic E-state index is 12.1. The van der Waals surface area contributed by atoms with Gasteiger partial charge in [-0.1, -0.05) is 19.9 Å². The second-order valence-electron chi connectivity index (χ2n) is 6.67. The molecule has 1 aliphatic heterocycles. The summed E-state index contributed by atoms with van der Waals surface area (Å²) in [6, 6.07) is 5.74. The average molecular weight is 304 g/mol. The average Bonchev–Trinajstić information content (AvgIpc) is 2.92. The molecule has 5 nitrogen and oxygen atoms in total. The number of urea groups is 1. The van der Waals surface area contributed by atoms with Crippen LogP contribution in [0.3, 0.4) is 0 Å². The standard InChI is InChI=1S/C17H28N4O/c1-14(2)11-21-9-7-15(12-21)10-19-17(22)20(3)13-16-6-4-5-8-18-16/h4-6,8,14-15H,7,9-13H2,1-3H3,(H,19,22). The molecule has 1 saturated heterocycles. The minimum Gasteiger partial charge on any atom is -0.338 e. The number of pyridine rings is 1. The van der Waals surface area contributed by atoms with E-state index in [0.717, 1.165) is 31.9 Å². The van der Waals surface area contributed by atoms with Gasteiger partial charge in [-0.25, -0.2) is 4.79 Å². The number of amides is 2. The van der Waals surface area contributed by atoms with Gasteiger partial charge in [0, 0.05) is 32.9 Å². The first-order valence-corrected chi connectivity index (χ1v) is 8.16. The normalized spacial score (nSPS) is 18.6. The molecule has 0 spiro atoms.